The Bertz CT molecular complexity index is 841. The molecule has 0 aromatic heterocycles. The van der Waals surface area contributed by atoms with E-state index in [9.17, 15) is 18.8 Å². The molecule has 1 N–H and O–H groups in total. The van der Waals surface area contributed by atoms with Gasteiger partial charge in [0.25, 0.3) is 11.1 Å². The molecule has 0 spiro atoms. The second-order valence-electron chi connectivity index (χ2n) is 5.79. The van der Waals surface area contributed by atoms with E-state index >= 15 is 0 Å². The maximum atomic E-state index is 12.8. The van der Waals surface area contributed by atoms with E-state index in [1.165, 1.54) is 29.2 Å². The summed E-state index contributed by atoms with van der Waals surface area (Å²) in [6.45, 7) is 0.671. The van der Waals surface area contributed by atoms with Crippen LogP contribution in [0.1, 0.15) is 15.9 Å². The zero-order chi connectivity index (χ0) is 19.2. The van der Waals surface area contributed by atoms with Crippen molar-refractivity contribution in [3.05, 3.63) is 65.5 Å². The summed E-state index contributed by atoms with van der Waals surface area (Å²) in [5, 5.41) is 2.46. The lowest BCUT2D eigenvalue weighted by molar-refractivity contribution is -0.125. The number of carbonyl (C=O) groups is 3. The zero-order valence-corrected chi connectivity index (χ0v) is 15.1. The normalized spacial score (nSPS) is 13.7. The molecule has 0 radical (unpaired) electrons. The number of carbonyl (C=O) groups excluding carboxylic acids is 3. The van der Waals surface area contributed by atoms with Gasteiger partial charge in [-0.25, -0.2) is 4.39 Å². The van der Waals surface area contributed by atoms with Crippen molar-refractivity contribution in [2.45, 2.75) is 6.54 Å². The molecule has 2 aromatic carbocycles. The first-order valence-corrected chi connectivity index (χ1v) is 9.24. The highest BCUT2D eigenvalue weighted by molar-refractivity contribution is 8.14. The molecule has 0 unspecified atom stereocenters. The van der Waals surface area contributed by atoms with Crippen LogP contribution in [0, 0.1) is 5.82 Å². The van der Waals surface area contributed by atoms with Gasteiger partial charge < -0.3 is 10.1 Å². The van der Waals surface area contributed by atoms with Gasteiger partial charge in [-0.3, -0.25) is 19.3 Å². The Morgan fingerprint density at radius 3 is 2.67 bits per heavy atom. The monoisotopic (exact) mass is 388 g/mol. The van der Waals surface area contributed by atoms with Crippen molar-refractivity contribution in [2.24, 2.45) is 0 Å². The summed E-state index contributed by atoms with van der Waals surface area (Å²) < 4.78 is 18.2. The van der Waals surface area contributed by atoms with E-state index in [2.05, 4.69) is 5.32 Å². The smallest absolute Gasteiger partial charge is 0.289 e. The third-order valence-electron chi connectivity index (χ3n) is 3.84. The largest absolute Gasteiger partial charge is 0.492 e. The van der Waals surface area contributed by atoms with Gasteiger partial charge in [-0.1, -0.05) is 23.9 Å². The summed E-state index contributed by atoms with van der Waals surface area (Å²) in [6.07, 6.45) is 0. The third kappa shape index (κ3) is 5.07. The molecule has 1 fully saturated rings. The highest BCUT2D eigenvalue weighted by Gasteiger charge is 2.29. The molecule has 140 valence electrons. The fourth-order valence-corrected chi connectivity index (χ4v) is 3.22. The van der Waals surface area contributed by atoms with Crippen LogP contribution >= 0.6 is 11.8 Å². The van der Waals surface area contributed by atoms with Crippen LogP contribution in [0.3, 0.4) is 0 Å². The number of rotatable bonds is 7. The lowest BCUT2D eigenvalue weighted by Crippen LogP contribution is -2.29. The summed E-state index contributed by atoms with van der Waals surface area (Å²) in [7, 11) is 0. The van der Waals surface area contributed by atoms with Crippen LogP contribution in [0.5, 0.6) is 5.75 Å². The first-order chi connectivity index (χ1) is 13.0. The standard InChI is InChI=1S/C19H17FN2O4S/c20-15-4-6-16(7-5-15)26-9-8-21-18(24)14-3-1-2-13(10-14)11-22-17(23)12-27-19(22)25/h1-7,10H,8-9,11-12H2,(H,21,24). The lowest BCUT2D eigenvalue weighted by atomic mass is 10.1. The molecule has 1 aliphatic rings. The molecule has 3 rings (SSSR count). The van der Waals surface area contributed by atoms with Crippen LogP contribution < -0.4 is 10.1 Å². The molecule has 1 aliphatic heterocycles. The summed E-state index contributed by atoms with van der Waals surface area (Å²) in [5.41, 5.74) is 1.13. The van der Waals surface area contributed by atoms with Crippen molar-refractivity contribution < 1.29 is 23.5 Å². The maximum absolute atomic E-state index is 12.8. The van der Waals surface area contributed by atoms with Gasteiger partial charge in [-0.15, -0.1) is 0 Å². The number of ether oxygens (including phenoxy) is 1. The number of thioether (sulfide) groups is 1. The van der Waals surface area contributed by atoms with Gasteiger partial charge in [0, 0.05) is 5.56 Å². The second kappa shape index (κ2) is 8.68. The number of benzene rings is 2. The van der Waals surface area contributed by atoms with E-state index in [-0.39, 0.29) is 48.3 Å². The third-order valence-corrected chi connectivity index (χ3v) is 4.70. The minimum absolute atomic E-state index is 0.152. The minimum Gasteiger partial charge on any atom is -0.492 e. The van der Waals surface area contributed by atoms with E-state index in [1.54, 1.807) is 24.3 Å². The molecule has 0 bridgehead atoms. The molecule has 27 heavy (non-hydrogen) atoms. The molecular formula is C19H17FN2O4S. The molecule has 1 heterocycles. The molecular weight excluding hydrogens is 371 g/mol. The number of hydrogen-bond donors (Lipinski definition) is 1. The lowest BCUT2D eigenvalue weighted by Gasteiger charge is -2.13. The van der Waals surface area contributed by atoms with Crippen LogP contribution in [0.15, 0.2) is 48.5 Å². The quantitative estimate of drug-likeness (QED) is 0.738. The fraction of sp³-hybridized carbons (Fsp3) is 0.211. The Morgan fingerprint density at radius 2 is 1.96 bits per heavy atom. The molecule has 0 saturated carbocycles. The number of nitrogens with one attached hydrogen (secondary N) is 1. The Hall–Kier alpha value is -2.87. The average Bonchev–Trinajstić information content (AvgIpc) is 2.99. The van der Waals surface area contributed by atoms with Crippen LogP contribution in [0.25, 0.3) is 0 Å². The average molecular weight is 388 g/mol. The van der Waals surface area contributed by atoms with Crippen molar-refractivity contribution in [3.8, 4) is 5.75 Å². The van der Waals surface area contributed by atoms with Gasteiger partial charge >= 0.3 is 0 Å². The first kappa shape index (κ1) is 18.9. The van der Waals surface area contributed by atoms with E-state index in [0.29, 0.717) is 16.9 Å². The Kier molecular flexibility index (Phi) is 6.08. The first-order valence-electron chi connectivity index (χ1n) is 8.25. The summed E-state index contributed by atoms with van der Waals surface area (Å²) in [4.78, 5) is 36.8. The molecule has 8 heteroatoms. The zero-order valence-electron chi connectivity index (χ0n) is 14.3. The Labute approximate surface area is 159 Å². The Morgan fingerprint density at radius 1 is 1.19 bits per heavy atom. The molecule has 6 nitrogen and oxygen atoms in total. The highest BCUT2D eigenvalue weighted by atomic mass is 32.2. The van der Waals surface area contributed by atoms with Crippen molar-refractivity contribution in [1.29, 1.82) is 0 Å². The van der Waals surface area contributed by atoms with Crippen LogP contribution in [0.2, 0.25) is 0 Å². The highest BCUT2D eigenvalue weighted by Crippen LogP contribution is 2.21. The van der Waals surface area contributed by atoms with Crippen molar-refractivity contribution >= 4 is 28.8 Å². The number of hydrogen-bond acceptors (Lipinski definition) is 5. The van der Waals surface area contributed by atoms with Gasteiger partial charge in [0.1, 0.15) is 18.2 Å². The summed E-state index contributed by atoms with van der Waals surface area (Å²) in [5.74, 6) is -0.171. The number of imide groups is 1. The predicted octanol–water partition coefficient (Wildman–Crippen LogP) is 2.83. The molecule has 2 aromatic rings. The minimum atomic E-state index is -0.341. The van der Waals surface area contributed by atoms with Gasteiger partial charge in [0.05, 0.1) is 18.8 Å². The van der Waals surface area contributed by atoms with E-state index in [0.717, 1.165) is 11.8 Å². The van der Waals surface area contributed by atoms with Crippen LogP contribution in [0.4, 0.5) is 9.18 Å². The SMILES string of the molecule is O=C(NCCOc1ccc(F)cc1)c1cccc(CN2C(=O)CSC2=O)c1. The van der Waals surface area contributed by atoms with Crippen LogP contribution in [-0.4, -0.2) is 40.9 Å². The van der Waals surface area contributed by atoms with Gasteiger partial charge in [-0.2, -0.15) is 0 Å². The Balaban J connectivity index is 1.50. The van der Waals surface area contributed by atoms with E-state index in [4.69, 9.17) is 4.74 Å². The summed E-state index contributed by atoms with van der Waals surface area (Å²) in [6, 6.07) is 12.4. The van der Waals surface area contributed by atoms with Gasteiger partial charge in [0.15, 0.2) is 0 Å². The van der Waals surface area contributed by atoms with Gasteiger partial charge in [-0.05, 0) is 42.0 Å². The maximum Gasteiger partial charge on any atom is 0.289 e. The summed E-state index contributed by atoms with van der Waals surface area (Å²) >= 11 is 0.979. The van der Waals surface area contributed by atoms with E-state index in [1.807, 2.05) is 0 Å². The molecule has 1 saturated heterocycles. The van der Waals surface area contributed by atoms with Crippen molar-refractivity contribution in [2.75, 3.05) is 18.9 Å². The number of amides is 3. The van der Waals surface area contributed by atoms with Crippen LogP contribution in [-0.2, 0) is 11.3 Å². The van der Waals surface area contributed by atoms with Crippen molar-refractivity contribution in [1.82, 2.24) is 10.2 Å². The van der Waals surface area contributed by atoms with Gasteiger partial charge in [0.2, 0.25) is 5.91 Å². The predicted molar refractivity (Wildman–Crippen MR) is 99.1 cm³/mol. The molecule has 3 amide bonds. The fourth-order valence-electron chi connectivity index (χ4n) is 2.49. The number of nitrogens with zero attached hydrogens (tertiary/aromatic N) is 1. The molecule has 0 atom stereocenters. The number of halogens is 1. The molecule has 0 aliphatic carbocycles. The van der Waals surface area contributed by atoms with E-state index < -0.39 is 0 Å². The second-order valence-corrected chi connectivity index (χ2v) is 6.72. The topological polar surface area (TPSA) is 75.7 Å². The van der Waals surface area contributed by atoms with Crippen molar-refractivity contribution in [3.63, 3.8) is 0 Å².